The summed E-state index contributed by atoms with van der Waals surface area (Å²) < 4.78 is 0. The third-order valence-corrected chi connectivity index (χ3v) is 5.81. The van der Waals surface area contributed by atoms with E-state index in [1.54, 1.807) is 12.1 Å². The van der Waals surface area contributed by atoms with Crippen LogP contribution in [0.25, 0.3) is 0 Å². The SMILES string of the molecule is NC(=O)C12NCC3CC1CNC2C3Cc1ccc(O)cc1. The minimum Gasteiger partial charge on any atom is -0.508 e. The van der Waals surface area contributed by atoms with Gasteiger partial charge in [-0.25, -0.2) is 0 Å². The quantitative estimate of drug-likeness (QED) is 0.629. The molecule has 3 aliphatic heterocycles. The van der Waals surface area contributed by atoms with Crippen molar-refractivity contribution < 1.29 is 9.90 Å². The second-order valence-corrected chi connectivity index (χ2v) is 6.73. The molecule has 5 nitrogen and oxygen atoms in total. The number of nitrogens with two attached hydrogens (primary N) is 1. The number of phenolic OH excluding ortho intramolecular Hbond substituents is 1. The van der Waals surface area contributed by atoms with Crippen molar-refractivity contribution in [1.29, 1.82) is 0 Å². The fourth-order valence-corrected chi connectivity index (χ4v) is 4.84. The Kier molecular flexibility index (Phi) is 2.78. The van der Waals surface area contributed by atoms with Gasteiger partial charge in [0.1, 0.15) is 11.3 Å². The first-order chi connectivity index (χ1) is 10.1. The van der Waals surface area contributed by atoms with Gasteiger partial charge in [0.25, 0.3) is 0 Å². The van der Waals surface area contributed by atoms with E-state index in [2.05, 4.69) is 10.6 Å². The van der Waals surface area contributed by atoms with Crippen LogP contribution in [-0.4, -0.2) is 35.7 Å². The standard InChI is InChI=1S/C16H21N3O2/c17-15(21)16-11-6-10(7-19-16)13(14(16)18-8-11)5-9-1-3-12(20)4-2-9/h1-4,10-11,13-14,18-20H,5-8H2,(H2,17,21). The average Bonchev–Trinajstić information content (AvgIpc) is 2.79. The number of piperidine rings is 2. The molecule has 1 saturated carbocycles. The van der Waals surface area contributed by atoms with Gasteiger partial charge in [-0.3, -0.25) is 4.79 Å². The van der Waals surface area contributed by atoms with E-state index in [0.717, 1.165) is 25.9 Å². The van der Waals surface area contributed by atoms with Crippen LogP contribution in [0.3, 0.4) is 0 Å². The van der Waals surface area contributed by atoms with Crippen molar-refractivity contribution in [2.45, 2.75) is 24.4 Å². The number of benzene rings is 1. The highest BCUT2D eigenvalue weighted by Crippen LogP contribution is 2.49. The highest BCUT2D eigenvalue weighted by Gasteiger charge is 2.64. The van der Waals surface area contributed by atoms with Crippen molar-refractivity contribution in [2.24, 2.45) is 23.5 Å². The van der Waals surface area contributed by atoms with Gasteiger partial charge in [0.15, 0.2) is 0 Å². The Labute approximate surface area is 123 Å². The Hall–Kier alpha value is -1.59. The van der Waals surface area contributed by atoms with Gasteiger partial charge in [-0.05, 0) is 48.9 Å². The molecular weight excluding hydrogens is 266 g/mol. The Morgan fingerprint density at radius 2 is 2.10 bits per heavy atom. The van der Waals surface area contributed by atoms with Crippen LogP contribution in [0.5, 0.6) is 5.75 Å². The summed E-state index contributed by atoms with van der Waals surface area (Å²) in [6, 6.07) is 7.51. The summed E-state index contributed by atoms with van der Waals surface area (Å²) >= 11 is 0. The van der Waals surface area contributed by atoms with E-state index in [0.29, 0.717) is 23.5 Å². The first kappa shape index (κ1) is 13.1. The van der Waals surface area contributed by atoms with Gasteiger partial charge >= 0.3 is 0 Å². The number of primary amides is 1. The zero-order chi connectivity index (χ0) is 14.6. The summed E-state index contributed by atoms with van der Waals surface area (Å²) in [6.45, 7) is 1.75. The molecule has 112 valence electrons. The van der Waals surface area contributed by atoms with E-state index in [9.17, 15) is 9.90 Å². The molecule has 5 unspecified atom stereocenters. The molecule has 3 heterocycles. The third kappa shape index (κ3) is 1.74. The molecule has 1 amide bonds. The monoisotopic (exact) mass is 287 g/mol. The van der Waals surface area contributed by atoms with Crippen LogP contribution in [0.4, 0.5) is 0 Å². The predicted molar refractivity (Wildman–Crippen MR) is 78.6 cm³/mol. The number of hydrogen-bond donors (Lipinski definition) is 4. The predicted octanol–water partition coefficient (Wildman–Crippen LogP) is -0.0139. The van der Waals surface area contributed by atoms with Crippen LogP contribution < -0.4 is 16.4 Å². The molecular formula is C16H21N3O2. The van der Waals surface area contributed by atoms with Crippen LogP contribution in [0.1, 0.15) is 12.0 Å². The lowest BCUT2D eigenvalue weighted by Gasteiger charge is -2.54. The van der Waals surface area contributed by atoms with E-state index >= 15 is 0 Å². The summed E-state index contributed by atoms with van der Waals surface area (Å²) in [4.78, 5) is 12.1. The maximum atomic E-state index is 12.1. The smallest absolute Gasteiger partial charge is 0.239 e. The fraction of sp³-hybridized carbons (Fsp3) is 0.562. The molecule has 5 N–H and O–H groups in total. The molecule has 3 saturated heterocycles. The molecule has 1 aliphatic carbocycles. The van der Waals surface area contributed by atoms with Gasteiger partial charge in [0.05, 0.1) is 0 Å². The molecule has 5 atom stereocenters. The summed E-state index contributed by atoms with van der Waals surface area (Å²) in [5.74, 6) is 1.41. The van der Waals surface area contributed by atoms with Crippen LogP contribution in [-0.2, 0) is 11.2 Å². The van der Waals surface area contributed by atoms with Crippen molar-refractivity contribution >= 4 is 5.91 Å². The highest BCUT2D eigenvalue weighted by molar-refractivity contribution is 5.87. The zero-order valence-electron chi connectivity index (χ0n) is 11.9. The fourth-order valence-electron chi connectivity index (χ4n) is 4.84. The summed E-state index contributed by atoms with van der Waals surface area (Å²) in [5, 5.41) is 16.4. The number of hydrogen-bond acceptors (Lipinski definition) is 4. The van der Waals surface area contributed by atoms with Gasteiger partial charge < -0.3 is 21.5 Å². The maximum absolute atomic E-state index is 12.1. The zero-order valence-corrected chi connectivity index (χ0v) is 11.9. The number of aromatic hydroxyl groups is 1. The molecule has 0 spiro atoms. The van der Waals surface area contributed by atoms with Gasteiger partial charge in [-0.2, -0.15) is 0 Å². The first-order valence-corrected chi connectivity index (χ1v) is 7.67. The lowest BCUT2D eigenvalue weighted by molar-refractivity contribution is -0.133. The second-order valence-electron chi connectivity index (χ2n) is 6.73. The Balaban J connectivity index is 1.64. The molecule has 4 bridgehead atoms. The lowest BCUT2D eigenvalue weighted by Crippen LogP contribution is -2.75. The number of phenols is 1. The Morgan fingerprint density at radius 3 is 2.81 bits per heavy atom. The van der Waals surface area contributed by atoms with Crippen molar-refractivity contribution in [2.75, 3.05) is 13.1 Å². The number of carbonyl (C=O) groups is 1. The second kappa shape index (κ2) is 4.45. The van der Waals surface area contributed by atoms with E-state index in [-0.39, 0.29) is 11.9 Å². The van der Waals surface area contributed by atoms with Gasteiger partial charge in [0.2, 0.25) is 5.91 Å². The maximum Gasteiger partial charge on any atom is 0.239 e. The van der Waals surface area contributed by atoms with Gasteiger partial charge in [-0.1, -0.05) is 12.1 Å². The Morgan fingerprint density at radius 1 is 1.33 bits per heavy atom. The molecule has 21 heavy (non-hydrogen) atoms. The number of fused-ring (bicyclic) bond motifs is 1. The van der Waals surface area contributed by atoms with Gasteiger partial charge in [0, 0.05) is 18.5 Å². The lowest BCUT2D eigenvalue weighted by atomic mass is 9.58. The molecule has 0 aromatic heterocycles. The summed E-state index contributed by atoms with van der Waals surface area (Å²) in [5.41, 5.74) is 6.40. The van der Waals surface area contributed by atoms with Crippen LogP contribution in [0.2, 0.25) is 0 Å². The van der Waals surface area contributed by atoms with Crippen molar-refractivity contribution in [3.63, 3.8) is 0 Å². The van der Waals surface area contributed by atoms with E-state index in [1.165, 1.54) is 5.56 Å². The highest BCUT2D eigenvalue weighted by atomic mass is 16.3. The summed E-state index contributed by atoms with van der Waals surface area (Å²) in [7, 11) is 0. The number of carbonyl (C=O) groups excluding carboxylic acids is 1. The number of nitrogens with one attached hydrogen (secondary N) is 2. The average molecular weight is 287 g/mol. The first-order valence-electron chi connectivity index (χ1n) is 7.67. The molecule has 5 heteroatoms. The summed E-state index contributed by atoms with van der Waals surface area (Å²) in [6.07, 6.45) is 1.99. The van der Waals surface area contributed by atoms with E-state index in [1.807, 2.05) is 12.1 Å². The van der Waals surface area contributed by atoms with Crippen LogP contribution in [0, 0.1) is 17.8 Å². The number of amides is 1. The molecule has 1 aromatic carbocycles. The normalized spacial score (nSPS) is 40.4. The minimum atomic E-state index is -0.559. The van der Waals surface area contributed by atoms with Crippen LogP contribution >= 0.6 is 0 Å². The molecule has 4 fully saturated rings. The third-order valence-electron chi connectivity index (χ3n) is 5.81. The minimum absolute atomic E-state index is 0.126. The molecule has 4 aliphatic rings. The molecule has 1 aromatic rings. The molecule has 5 rings (SSSR count). The van der Waals surface area contributed by atoms with E-state index < -0.39 is 5.54 Å². The topological polar surface area (TPSA) is 87.4 Å². The van der Waals surface area contributed by atoms with E-state index in [4.69, 9.17) is 5.73 Å². The van der Waals surface area contributed by atoms with Crippen molar-refractivity contribution in [3.8, 4) is 5.75 Å². The largest absolute Gasteiger partial charge is 0.508 e. The van der Waals surface area contributed by atoms with Crippen LogP contribution in [0.15, 0.2) is 24.3 Å². The number of rotatable bonds is 3. The van der Waals surface area contributed by atoms with Gasteiger partial charge in [-0.15, -0.1) is 0 Å². The Bertz CT molecular complexity index is 573. The molecule has 0 radical (unpaired) electrons. The van der Waals surface area contributed by atoms with Crippen molar-refractivity contribution in [1.82, 2.24) is 10.6 Å². The van der Waals surface area contributed by atoms with Crippen molar-refractivity contribution in [3.05, 3.63) is 29.8 Å².